The van der Waals surface area contributed by atoms with Gasteiger partial charge in [-0.2, -0.15) is 0 Å². The van der Waals surface area contributed by atoms with Gasteiger partial charge in [-0.05, 0) is 34.9 Å². The van der Waals surface area contributed by atoms with E-state index in [4.69, 9.17) is 9.47 Å². The molecule has 0 saturated carbocycles. The average molecular weight is 361 g/mol. The Morgan fingerprint density at radius 3 is 2.68 bits per heavy atom. The van der Waals surface area contributed by atoms with Crippen LogP contribution in [0, 0.1) is 0 Å². The molecule has 0 unspecified atom stereocenters. The molecule has 0 fully saturated rings. The van der Waals surface area contributed by atoms with Crippen molar-refractivity contribution in [3.8, 4) is 11.5 Å². The molecule has 0 spiro atoms. The lowest BCUT2D eigenvalue weighted by Gasteiger charge is -2.10. The summed E-state index contributed by atoms with van der Waals surface area (Å²) in [5.41, 5.74) is 4.35. The van der Waals surface area contributed by atoms with Gasteiger partial charge < -0.3 is 20.1 Å². The summed E-state index contributed by atoms with van der Waals surface area (Å²) in [5.74, 6) is 1.24. The molecule has 2 aromatic carbocycles. The maximum atomic E-state index is 12.4. The van der Waals surface area contributed by atoms with Crippen LogP contribution in [-0.4, -0.2) is 19.1 Å². The Labute approximate surface area is 153 Å². The van der Waals surface area contributed by atoms with E-state index in [0.717, 1.165) is 25.1 Å². The SMILES string of the molecule is Cl.O=C(NCc1ccc2c(c1)CNC2)c1ccc2c(c1)OCCCO2. The van der Waals surface area contributed by atoms with Gasteiger partial charge in [-0.3, -0.25) is 4.79 Å². The molecule has 1 amide bonds. The summed E-state index contributed by atoms with van der Waals surface area (Å²) in [6.45, 7) is 3.60. The third kappa shape index (κ3) is 3.89. The van der Waals surface area contributed by atoms with Crippen LogP contribution in [0.3, 0.4) is 0 Å². The lowest BCUT2D eigenvalue weighted by molar-refractivity contribution is 0.0950. The van der Waals surface area contributed by atoms with Crippen LogP contribution in [0.2, 0.25) is 0 Å². The van der Waals surface area contributed by atoms with Crippen molar-refractivity contribution in [3.05, 3.63) is 58.7 Å². The summed E-state index contributed by atoms with van der Waals surface area (Å²) in [4.78, 5) is 12.4. The normalized spacial score (nSPS) is 14.9. The second-order valence-corrected chi connectivity index (χ2v) is 6.10. The second kappa shape index (κ2) is 7.76. The van der Waals surface area contributed by atoms with E-state index in [0.29, 0.717) is 36.8 Å². The van der Waals surface area contributed by atoms with Gasteiger partial charge in [0, 0.05) is 31.6 Å². The van der Waals surface area contributed by atoms with Gasteiger partial charge in [0.05, 0.1) is 13.2 Å². The molecule has 132 valence electrons. The third-order valence-electron chi connectivity index (χ3n) is 4.36. The van der Waals surface area contributed by atoms with Gasteiger partial charge in [0.1, 0.15) is 0 Å². The molecule has 2 N–H and O–H groups in total. The van der Waals surface area contributed by atoms with Gasteiger partial charge in [0.25, 0.3) is 5.91 Å². The molecule has 6 heteroatoms. The van der Waals surface area contributed by atoms with Gasteiger partial charge in [-0.15, -0.1) is 12.4 Å². The molecule has 0 aromatic heterocycles. The largest absolute Gasteiger partial charge is 0.490 e. The third-order valence-corrected chi connectivity index (χ3v) is 4.36. The zero-order chi connectivity index (χ0) is 16.4. The summed E-state index contributed by atoms with van der Waals surface area (Å²) in [7, 11) is 0. The molecule has 5 nitrogen and oxygen atoms in total. The van der Waals surface area contributed by atoms with E-state index >= 15 is 0 Å². The van der Waals surface area contributed by atoms with Gasteiger partial charge in [0.2, 0.25) is 0 Å². The molecule has 2 aliphatic heterocycles. The first-order valence-corrected chi connectivity index (χ1v) is 8.29. The number of carbonyl (C=O) groups is 1. The number of amides is 1. The predicted octanol–water partition coefficient (Wildman–Crippen LogP) is 2.80. The Balaban J connectivity index is 0.00000182. The predicted molar refractivity (Wildman–Crippen MR) is 97.5 cm³/mol. The molecule has 0 atom stereocenters. The van der Waals surface area contributed by atoms with E-state index in [1.54, 1.807) is 18.2 Å². The maximum Gasteiger partial charge on any atom is 0.251 e. The van der Waals surface area contributed by atoms with Crippen LogP contribution in [0.25, 0.3) is 0 Å². The van der Waals surface area contributed by atoms with Crippen molar-refractivity contribution in [2.75, 3.05) is 13.2 Å². The minimum Gasteiger partial charge on any atom is -0.490 e. The number of ether oxygens (including phenoxy) is 2. The van der Waals surface area contributed by atoms with Gasteiger partial charge in [0.15, 0.2) is 11.5 Å². The van der Waals surface area contributed by atoms with Gasteiger partial charge in [-0.25, -0.2) is 0 Å². The first kappa shape index (κ1) is 17.6. The van der Waals surface area contributed by atoms with E-state index in [2.05, 4.69) is 28.8 Å². The van der Waals surface area contributed by atoms with Crippen molar-refractivity contribution < 1.29 is 14.3 Å². The van der Waals surface area contributed by atoms with Crippen LogP contribution in [-0.2, 0) is 19.6 Å². The van der Waals surface area contributed by atoms with Crippen molar-refractivity contribution in [3.63, 3.8) is 0 Å². The molecule has 0 saturated heterocycles. The number of fused-ring (bicyclic) bond motifs is 2. The zero-order valence-corrected chi connectivity index (χ0v) is 14.7. The highest BCUT2D eigenvalue weighted by Gasteiger charge is 2.14. The number of halogens is 1. The molecule has 4 rings (SSSR count). The molecule has 2 aromatic rings. The number of rotatable bonds is 3. The van der Waals surface area contributed by atoms with E-state index in [1.165, 1.54) is 11.1 Å². The molecule has 2 heterocycles. The molecular formula is C19H21ClN2O3. The lowest BCUT2D eigenvalue weighted by atomic mass is 10.1. The van der Waals surface area contributed by atoms with Crippen molar-refractivity contribution in [2.45, 2.75) is 26.1 Å². The molecule has 0 radical (unpaired) electrons. The molecule has 25 heavy (non-hydrogen) atoms. The van der Waals surface area contributed by atoms with E-state index < -0.39 is 0 Å². The summed E-state index contributed by atoms with van der Waals surface area (Å²) in [6.07, 6.45) is 0.851. The van der Waals surface area contributed by atoms with Crippen LogP contribution in [0.15, 0.2) is 36.4 Å². The number of benzene rings is 2. The summed E-state index contributed by atoms with van der Waals surface area (Å²) >= 11 is 0. The summed E-state index contributed by atoms with van der Waals surface area (Å²) < 4.78 is 11.2. The fourth-order valence-corrected chi connectivity index (χ4v) is 3.05. The van der Waals surface area contributed by atoms with Crippen molar-refractivity contribution in [2.24, 2.45) is 0 Å². The Kier molecular flexibility index (Phi) is 5.46. The number of carbonyl (C=O) groups excluding carboxylic acids is 1. The van der Waals surface area contributed by atoms with E-state index in [9.17, 15) is 4.79 Å². The smallest absolute Gasteiger partial charge is 0.251 e. The Morgan fingerprint density at radius 1 is 1.00 bits per heavy atom. The lowest BCUT2D eigenvalue weighted by Crippen LogP contribution is -2.22. The minimum atomic E-state index is -0.107. The average Bonchev–Trinajstić information content (AvgIpc) is 2.95. The number of hydrogen-bond acceptors (Lipinski definition) is 4. The second-order valence-electron chi connectivity index (χ2n) is 6.10. The molecule has 0 aliphatic carbocycles. The molecule has 2 aliphatic rings. The quantitative estimate of drug-likeness (QED) is 0.883. The minimum absolute atomic E-state index is 0. The Morgan fingerprint density at radius 2 is 1.80 bits per heavy atom. The van der Waals surface area contributed by atoms with Gasteiger partial charge >= 0.3 is 0 Å². The highest BCUT2D eigenvalue weighted by molar-refractivity contribution is 5.94. The topological polar surface area (TPSA) is 59.6 Å². The Bertz CT molecular complexity index is 779. The van der Waals surface area contributed by atoms with E-state index in [-0.39, 0.29) is 18.3 Å². The fraction of sp³-hybridized carbons (Fsp3) is 0.316. The standard InChI is InChI=1S/C19H20N2O3.ClH/c22-19(14-4-5-17-18(9-14)24-7-1-6-23-17)21-10-13-2-3-15-11-20-12-16(15)8-13;/h2-5,8-9,20H,1,6-7,10-12H2,(H,21,22);1H. The van der Waals surface area contributed by atoms with Crippen LogP contribution in [0.5, 0.6) is 11.5 Å². The van der Waals surface area contributed by atoms with Crippen molar-refractivity contribution >= 4 is 18.3 Å². The number of hydrogen-bond donors (Lipinski definition) is 2. The van der Waals surface area contributed by atoms with Crippen molar-refractivity contribution in [1.29, 1.82) is 0 Å². The molecule has 0 bridgehead atoms. The monoisotopic (exact) mass is 360 g/mol. The first-order chi connectivity index (χ1) is 11.8. The Hall–Kier alpha value is -2.24. The van der Waals surface area contributed by atoms with Crippen LogP contribution in [0.4, 0.5) is 0 Å². The van der Waals surface area contributed by atoms with Gasteiger partial charge in [-0.1, -0.05) is 18.2 Å². The van der Waals surface area contributed by atoms with Crippen LogP contribution < -0.4 is 20.1 Å². The van der Waals surface area contributed by atoms with Crippen molar-refractivity contribution in [1.82, 2.24) is 10.6 Å². The summed E-state index contributed by atoms with van der Waals surface area (Å²) in [5, 5.41) is 6.30. The maximum absolute atomic E-state index is 12.4. The highest BCUT2D eigenvalue weighted by Crippen LogP contribution is 2.30. The van der Waals surface area contributed by atoms with Crippen LogP contribution >= 0.6 is 12.4 Å². The highest BCUT2D eigenvalue weighted by atomic mass is 35.5. The van der Waals surface area contributed by atoms with Crippen LogP contribution in [0.1, 0.15) is 33.5 Å². The fourth-order valence-electron chi connectivity index (χ4n) is 3.05. The van der Waals surface area contributed by atoms with E-state index in [1.807, 2.05) is 0 Å². The first-order valence-electron chi connectivity index (χ1n) is 8.29. The summed E-state index contributed by atoms with van der Waals surface area (Å²) in [6, 6.07) is 11.7. The zero-order valence-electron chi connectivity index (χ0n) is 13.8. The number of nitrogens with one attached hydrogen (secondary N) is 2. The molecular weight excluding hydrogens is 340 g/mol.